The molecule has 0 amide bonds. The molecule has 3 fully saturated rings. The Morgan fingerprint density at radius 2 is 1.82 bits per heavy atom. The highest BCUT2D eigenvalue weighted by Crippen LogP contribution is 2.56. The molecule has 2 aliphatic carbocycles. The molecule has 0 radical (unpaired) electrons. The lowest BCUT2D eigenvalue weighted by Crippen LogP contribution is -2.45. The van der Waals surface area contributed by atoms with Gasteiger partial charge in [-0.15, -0.1) is 0 Å². The van der Waals surface area contributed by atoms with Crippen molar-refractivity contribution in [3.63, 3.8) is 0 Å². The molecule has 3 rings (SSSR count). The van der Waals surface area contributed by atoms with Crippen LogP contribution in [0.3, 0.4) is 0 Å². The first-order valence-electron chi connectivity index (χ1n) is 6.47. The van der Waals surface area contributed by atoms with Gasteiger partial charge in [0.05, 0.1) is 12.2 Å². The maximum atomic E-state index is 6.06. The van der Waals surface area contributed by atoms with Crippen LogP contribution in [0, 0.1) is 11.8 Å². The summed E-state index contributed by atoms with van der Waals surface area (Å²) in [5.41, 5.74) is 0. The number of ether oxygens (including phenoxy) is 4. The first kappa shape index (κ1) is 11.9. The van der Waals surface area contributed by atoms with Gasteiger partial charge in [0.15, 0.2) is 11.6 Å². The van der Waals surface area contributed by atoms with Crippen LogP contribution in [-0.2, 0) is 18.9 Å². The molecule has 2 saturated carbocycles. The fourth-order valence-corrected chi connectivity index (χ4v) is 4.08. The van der Waals surface area contributed by atoms with Gasteiger partial charge in [-0.3, -0.25) is 0 Å². The number of fused-ring (bicyclic) bond motifs is 3. The fourth-order valence-electron chi connectivity index (χ4n) is 4.08. The zero-order chi connectivity index (χ0) is 12.3. The molecule has 1 heterocycles. The molecule has 4 nitrogen and oxygen atoms in total. The minimum atomic E-state index is -0.464. The molecular weight excluding hydrogens is 220 g/mol. The average Bonchev–Trinajstić information content (AvgIpc) is 2.85. The molecule has 0 aromatic rings. The topological polar surface area (TPSA) is 36.9 Å². The van der Waals surface area contributed by atoms with E-state index in [2.05, 4.69) is 0 Å². The van der Waals surface area contributed by atoms with Crippen LogP contribution in [0.25, 0.3) is 0 Å². The lowest BCUT2D eigenvalue weighted by atomic mass is 9.94. The van der Waals surface area contributed by atoms with Crippen molar-refractivity contribution >= 4 is 0 Å². The third-order valence-corrected chi connectivity index (χ3v) is 4.68. The maximum Gasteiger partial charge on any atom is 0.173 e. The molecule has 17 heavy (non-hydrogen) atoms. The Balaban J connectivity index is 1.88. The maximum absolute atomic E-state index is 6.06. The molecule has 0 unspecified atom stereocenters. The van der Waals surface area contributed by atoms with Crippen molar-refractivity contribution in [3.05, 3.63) is 0 Å². The smallest absolute Gasteiger partial charge is 0.173 e. The summed E-state index contributed by atoms with van der Waals surface area (Å²) in [4.78, 5) is 0. The second kappa shape index (κ2) is 3.67. The highest BCUT2D eigenvalue weighted by atomic mass is 16.8. The van der Waals surface area contributed by atoms with Crippen molar-refractivity contribution in [1.82, 2.24) is 0 Å². The van der Waals surface area contributed by atoms with Gasteiger partial charge in [0, 0.05) is 26.6 Å². The first-order chi connectivity index (χ1) is 8.01. The predicted molar refractivity (Wildman–Crippen MR) is 61.4 cm³/mol. The van der Waals surface area contributed by atoms with Gasteiger partial charge in [-0.2, -0.15) is 0 Å². The summed E-state index contributed by atoms with van der Waals surface area (Å²) in [6, 6.07) is 0. The standard InChI is InChI=1S/C13H22O4/c1-12(2)16-9-7-8-5-6-13(14-3,15-4)10(8)11(9)17-12/h8-11H,5-7H2,1-4H3/t8-,9-,10-,11-/m0/s1. The summed E-state index contributed by atoms with van der Waals surface area (Å²) in [6.45, 7) is 3.97. The van der Waals surface area contributed by atoms with E-state index < -0.39 is 11.6 Å². The summed E-state index contributed by atoms with van der Waals surface area (Å²) in [6.07, 6.45) is 3.52. The number of methoxy groups -OCH3 is 2. The second-order valence-electron chi connectivity index (χ2n) is 5.92. The third-order valence-electron chi connectivity index (χ3n) is 4.68. The Bertz CT molecular complexity index is 311. The van der Waals surface area contributed by atoms with Gasteiger partial charge in [-0.1, -0.05) is 0 Å². The van der Waals surface area contributed by atoms with E-state index >= 15 is 0 Å². The lowest BCUT2D eigenvalue weighted by Gasteiger charge is -2.35. The summed E-state index contributed by atoms with van der Waals surface area (Å²) in [5.74, 6) is -0.00506. The second-order valence-corrected chi connectivity index (χ2v) is 5.92. The van der Waals surface area contributed by atoms with Gasteiger partial charge in [0.1, 0.15) is 0 Å². The zero-order valence-corrected chi connectivity index (χ0v) is 11.1. The van der Waals surface area contributed by atoms with Crippen molar-refractivity contribution in [2.45, 2.75) is 56.9 Å². The Hall–Kier alpha value is -0.160. The number of rotatable bonds is 2. The van der Waals surface area contributed by atoms with Crippen LogP contribution in [0.2, 0.25) is 0 Å². The molecule has 0 bridgehead atoms. The molecule has 4 heteroatoms. The van der Waals surface area contributed by atoms with Crippen LogP contribution in [0.15, 0.2) is 0 Å². The van der Waals surface area contributed by atoms with Gasteiger partial charge >= 0.3 is 0 Å². The van der Waals surface area contributed by atoms with Crippen LogP contribution in [0.5, 0.6) is 0 Å². The van der Waals surface area contributed by atoms with Crippen LogP contribution in [-0.4, -0.2) is 38.0 Å². The Morgan fingerprint density at radius 3 is 2.47 bits per heavy atom. The van der Waals surface area contributed by atoms with Gasteiger partial charge in [0.2, 0.25) is 0 Å². The van der Waals surface area contributed by atoms with Gasteiger partial charge in [-0.05, 0) is 32.6 Å². The molecule has 4 atom stereocenters. The highest BCUT2D eigenvalue weighted by molar-refractivity contribution is 5.07. The molecule has 3 aliphatic rings. The fraction of sp³-hybridized carbons (Fsp3) is 1.00. The van der Waals surface area contributed by atoms with Crippen molar-refractivity contribution in [1.29, 1.82) is 0 Å². The van der Waals surface area contributed by atoms with E-state index in [-0.39, 0.29) is 12.2 Å². The minimum Gasteiger partial charge on any atom is -0.353 e. The number of hydrogen-bond acceptors (Lipinski definition) is 4. The molecule has 0 N–H and O–H groups in total. The summed E-state index contributed by atoms with van der Waals surface area (Å²) in [5, 5.41) is 0. The van der Waals surface area contributed by atoms with Crippen molar-refractivity contribution in [2.75, 3.05) is 14.2 Å². The van der Waals surface area contributed by atoms with Gasteiger partial charge < -0.3 is 18.9 Å². The Kier molecular flexibility index (Phi) is 2.57. The predicted octanol–water partition coefficient (Wildman–Crippen LogP) is 1.93. The van der Waals surface area contributed by atoms with E-state index in [4.69, 9.17) is 18.9 Å². The van der Waals surface area contributed by atoms with E-state index in [1.54, 1.807) is 14.2 Å². The van der Waals surface area contributed by atoms with Crippen molar-refractivity contribution in [3.8, 4) is 0 Å². The van der Waals surface area contributed by atoms with Crippen molar-refractivity contribution < 1.29 is 18.9 Å². The zero-order valence-electron chi connectivity index (χ0n) is 11.1. The molecule has 1 saturated heterocycles. The van der Waals surface area contributed by atoms with Crippen LogP contribution in [0.4, 0.5) is 0 Å². The molecule has 98 valence electrons. The normalized spacial score (nSPS) is 45.9. The quantitative estimate of drug-likeness (QED) is 0.693. The summed E-state index contributed by atoms with van der Waals surface area (Å²) in [7, 11) is 3.47. The highest BCUT2D eigenvalue weighted by Gasteiger charge is 2.63. The van der Waals surface area contributed by atoms with E-state index in [9.17, 15) is 0 Å². The molecule has 1 aliphatic heterocycles. The van der Waals surface area contributed by atoms with Crippen LogP contribution >= 0.6 is 0 Å². The third kappa shape index (κ3) is 1.58. The van der Waals surface area contributed by atoms with E-state index in [0.29, 0.717) is 11.8 Å². The van der Waals surface area contributed by atoms with Crippen LogP contribution in [0.1, 0.15) is 33.1 Å². The Labute approximate surface area is 103 Å². The van der Waals surface area contributed by atoms with Gasteiger partial charge in [0.25, 0.3) is 0 Å². The van der Waals surface area contributed by atoms with Crippen molar-refractivity contribution in [2.24, 2.45) is 11.8 Å². The SMILES string of the molecule is COC1(OC)CC[C@H]2C[C@@H]3OC(C)(C)O[C@@H]3[C@H]21. The first-order valence-corrected chi connectivity index (χ1v) is 6.47. The average molecular weight is 242 g/mol. The minimum absolute atomic E-state index is 0.123. The summed E-state index contributed by atoms with van der Waals surface area (Å²) >= 11 is 0. The van der Waals surface area contributed by atoms with E-state index in [1.807, 2.05) is 13.8 Å². The Morgan fingerprint density at radius 1 is 1.12 bits per heavy atom. The molecule has 0 aromatic heterocycles. The number of hydrogen-bond donors (Lipinski definition) is 0. The monoisotopic (exact) mass is 242 g/mol. The van der Waals surface area contributed by atoms with E-state index in [1.165, 1.54) is 0 Å². The molecule has 0 aromatic carbocycles. The van der Waals surface area contributed by atoms with E-state index in [0.717, 1.165) is 19.3 Å². The molecule has 0 spiro atoms. The summed E-state index contributed by atoms with van der Waals surface area (Å²) < 4.78 is 23.4. The molecular formula is C13H22O4. The largest absolute Gasteiger partial charge is 0.353 e. The van der Waals surface area contributed by atoms with Gasteiger partial charge in [-0.25, -0.2) is 0 Å². The lowest BCUT2D eigenvalue weighted by molar-refractivity contribution is -0.252. The van der Waals surface area contributed by atoms with Crippen LogP contribution < -0.4 is 0 Å².